The van der Waals surface area contributed by atoms with E-state index in [9.17, 15) is 5.11 Å². The lowest BCUT2D eigenvalue weighted by Gasteiger charge is -2.12. The third kappa shape index (κ3) is 4.28. The predicted octanol–water partition coefficient (Wildman–Crippen LogP) is 2.36. The number of phenols is 1. The van der Waals surface area contributed by atoms with Crippen LogP contribution in [-0.2, 0) is 0 Å². The van der Waals surface area contributed by atoms with E-state index in [-0.39, 0.29) is 5.75 Å². The van der Waals surface area contributed by atoms with Gasteiger partial charge in [-0.15, -0.1) is 0 Å². The lowest BCUT2D eigenvalue weighted by Crippen LogP contribution is -2.33. The van der Waals surface area contributed by atoms with Gasteiger partial charge in [-0.05, 0) is 30.7 Å². The maximum atomic E-state index is 10.2. The normalized spacial score (nSPS) is 12.5. The minimum atomic E-state index is 0.274. The van der Waals surface area contributed by atoms with Crippen molar-refractivity contribution in [3.05, 3.63) is 58.2 Å². The van der Waals surface area contributed by atoms with Crippen LogP contribution in [0.2, 0.25) is 0 Å². The van der Waals surface area contributed by atoms with Crippen LogP contribution in [-0.4, -0.2) is 16.6 Å². The SMILES string of the molecule is CC.CC.Cc1ccc(C2=c3ccncc3=C(N)CCN2)c(O)c1. The molecule has 0 bridgehead atoms. The molecule has 2 aromatic rings. The summed E-state index contributed by atoms with van der Waals surface area (Å²) < 4.78 is 0. The second-order valence-electron chi connectivity index (χ2n) is 5.02. The van der Waals surface area contributed by atoms with E-state index in [4.69, 9.17) is 5.73 Å². The van der Waals surface area contributed by atoms with E-state index in [1.165, 1.54) is 0 Å². The topological polar surface area (TPSA) is 71.2 Å². The highest BCUT2D eigenvalue weighted by molar-refractivity contribution is 5.70. The van der Waals surface area contributed by atoms with Crippen LogP contribution in [0, 0.1) is 6.92 Å². The molecule has 0 saturated heterocycles. The Hall–Kier alpha value is -2.49. The Bertz CT molecular complexity index is 782. The van der Waals surface area contributed by atoms with Crippen LogP contribution in [0.25, 0.3) is 11.4 Å². The van der Waals surface area contributed by atoms with Crippen molar-refractivity contribution in [1.82, 2.24) is 10.3 Å². The lowest BCUT2D eigenvalue weighted by molar-refractivity contribution is 0.472. The molecule has 130 valence electrons. The van der Waals surface area contributed by atoms with Gasteiger partial charge >= 0.3 is 0 Å². The van der Waals surface area contributed by atoms with E-state index in [1.807, 2.05) is 52.8 Å². The van der Waals surface area contributed by atoms with Gasteiger partial charge in [-0.25, -0.2) is 0 Å². The highest BCUT2D eigenvalue weighted by Gasteiger charge is 2.12. The van der Waals surface area contributed by atoms with E-state index < -0.39 is 0 Å². The third-order valence-electron chi connectivity index (χ3n) is 3.56. The molecular weight excluding hydrogens is 298 g/mol. The number of phenolic OH excluding ortho intramolecular Hbond substituents is 1. The summed E-state index contributed by atoms with van der Waals surface area (Å²) in [6.07, 6.45) is 4.28. The van der Waals surface area contributed by atoms with E-state index in [0.29, 0.717) is 0 Å². The lowest BCUT2D eigenvalue weighted by atomic mass is 10.1. The van der Waals surface area contributed by atoms with Crippen molar-refractivity contribution in [1.29, 1.82) is 0 Å². The van der Waals surface area contributed by atoms with Gasteiger partial charge in [-0.2, -0.15) is 0 Å². The molecule has 1 aromatic carbocycles. The number of nitrogens with one attached hydrogen (secondary N) is 1. The van der Waals surface area contributed by atoms with Crippen molar-refractivity contribution in [2.45, 2.75) is 41.0 Å². The van der Waals surface area contributed by atoms with Crippen molar-refractivity contribution < 1.29 is 5.11 Å². The molecule has 0 unspecified atom stereocenters. The van der Waals surface area contributed by atoms with E-state index >= 15 is 0 Å². The molecule has 1 aliphatic heterocycles. The molecule has 0 radical (unpaired) electrons. The molecule has 24 heavy (non-hydrogen) atoms. The molecule has 0 atom stereocenters. The van der Waals surface area contributed by atoms with Gasteiger partial charge in [0.15, 0.2) is 0 Å². The van der Waals surface area contributed by atoms with Gasteiger partial charge in [-0.1, -0.05) is 33.8 Å². The van der Waals surface area contributed by atoms with Gasteiger partial charge < -0.3 is 16.2 Å². The molecule has 1 aromatic heterocycles. The van der Waals surface area contributed by atoms with Crippen molar-refractivity contribution in [3.8, 4) is 5.75 Å². The number of benzene rings is 1. The first kappa shape index (κ1) is 19.6. The van der Waals surface area contributed by atoms with Crippen LogP contribution < -0.4 is 21.5 Å². The van der Waals surface area contributed by atoms with Crippen LogP contribution in [0.5, 0.6) is 5.75 Å². The van der Waals surface area contributed by atoms with Crippen molar-refractivity contribution >= 4 is 11.4 Å². The Labute approximate surface area is 144 Å². The van der Waals surface area contributed by atoms with Crippen LogP contribution >= 0.6 is 0 Å². The highest BCUT2D eigenvalue weighted by Crippen LogP contribution is 2.23. The van der Waals surface area contributed by atoms with Crippen LogP contribution in [0.4, 0.5) is 0 Å². The summed E-state index contributed by atoms with van der Waals surface area (Å²) in [6.45, 7) is 10.7. The maximum absolute atomic E-state index is 10.2. The number of hydrogen-bond donors (Lipinski definition) is 3. The zero-order valence-corrected chi connectivity index (χ0v) is 15.4. The number of aromatic hydroxyl groups is 1. The minimum Gasteiger partial charge on any atom is -0.507 e. The van der Waals surface area contributed by atoms with Gasteiger partial charge in [0.25, 0.3) is 0 Å². The number of pyridine rings is 1. The minimum absolute atomic E-state index is 0.274. The number of nitrogens with two attached hydrogens (primary N) is 1. The number of fused-ring (bicyclic) bond motifs is 1. The van der Waals surface area contributed by atoms with E-state index in [1.54, 1.807) is 18.5 Å². The second-order valence-corrected chi connectivity index (χ2v) is 5.02. The van der Waals surface area contributed by atoms with Crippen molar-refractivity contribution in [2.24, 2.45) is 5.73 Å². The average molecular weight is 327 g/mol. The smallest absolute Gasteiger partial charge is 0.125 e. The summed E-state index contributed by atoms with van der Waals surface area (Å²) in [5, 5.41) is 15.5. The molecule has 0 fully saturated rings. The summed E-state index contributed by atoms with van der Waals surface area (Å²) in [6, 6.07) is 7.61. The predicted molar refractivity (Wildman–Crippen MR) is 102 cm³/mol. The Morgan fingerprint density at radius 3 is 2.46 bits per heavy atom. The summed E-state index contributed by atoms with van der Waals surface area (Å²) in [5.41, 5.74) is 9.65. The highest BCUT2D eigenvalue weighted by atomic mass is 16.3. The number of aryl methyl sites for hydroxylation is 1. The van der Waals surface area contributed by atoms with E-state index in [0.717, 1.165) is 45.9 Å². The van der Waals surface area contributed by atoms with Crippen molar-refractivity contribution in [2.75, 3.05) is 6.54 Å². The first-order valence-electron chi connectivity index (χ1n) is 8.63. The standard InChI is InChI=1S/C16H17N3O.2C2H6/c1-10-2-3-12(15(20)8-10)16-11-4-6-18-9-13(11)14(17)5-7-19-16;2*1-2/h2-4,6,8-9,19-20H,5,7,17H2,1H3;2*1-2H3. The summed E-state index contributed by atoms with van der Waals surface area (Å²) >= 11 is 0. The molecule has 0 aliphatic carbocycles. The van der Waals surface area contributed by atoms with Gasteiger partial charge in [0.1, 0.15) is 5.75 Å². The van der Waals surface area contributed by atoms with Gasteiger partial charge in [-0.3, -0.25) is 4.98 Å². The molecule has 0 spiro atoms. The first-order valence-corrected chi connectivity index (χ1v) is 8.63. The number of aromatic nitrogens is 1. The summed E-state index contributed by atoms with van der Waals surface area (Å²) in [4.78, 5) is 4.15. The molecular formula is C20H29N3O. The Balaban J connectivity index is 0.000000671. The van der Waals surface area contributed by atoms with E-state index in [2.05, 4.69) is 10.3 Å². The first-order chi connectivity index (χ1) is 11.7. The zero-order chi connectivity index (χ0) is 18.1. The van der Waals surface area contributed by atoms with Gasteiger partial charge in [0.2, 0.25) is 0 Å². The molecule has 4 nitrogen and oxygen atoms in total. The van der Waals surface area contributed by atoms with Crippen molar-refractivity contribution in [3.63, 3.8) is 0 Å². The van der Waals surface area contributed by atoms with Crippen LogP contribution in [0.1, 0.15) is 45.2 Å². The maximum Gasteiger partial charge on any atom is 0.125 e. The number of rotatable bonds is 1. The second kappa shape index (κ2) is 9.60. The fourth-order valence-electron chi connectivity index (χ4n) is 2.51. The third-order valence-corrected chi connectivity index (χ3v) is 3.56. The van der Waals surface area contributed by atoms with Crippen LogP contribution in [0.3, 0.4) is 0 Å². The summed E-state index contributed by atoms with van der Waals surface area (Å²) in [7, 11) is 0. The zero-order valence-electron chi connectivity index (χ0n) is 15.4. The van der Waals surface area contributed by atoms with Gasteiger partial charge in [0, 0.05) is 47.1 Å². The fourth-order valence-corrected chi connectivity index (χ4v) is 2.51. The quantitative estimate of drug-likeness (QED) is 0.752. The Morgan fingerprint density at radius 1 is 1.08 bits per heavy atom. The molecule has 3 rings (SSSR count). The van der Waals surface area contributed by atoms with Crippen LogP contribution in [0.15, 0.2) is 36.7 Å². The Morgan fingerprint density at radius 2 is 1.79 bits per heavy atom. The summed E-state index contributed by atoms with van der Waals surface area (Å²) in [5.74, 6) is 0.274. The Kier molecular flexibility index (Phi) is 7.83. The molecule has 0 saturated carbocycles. The fraction of sp³-hybridized carbons (Fsp3) is 0.350. The molecule has 0 amide bonds. The average Bonchev–Trinajstić information content (AvgIpc) is 2.78. The molecule has 4 heteroatoms. The number of nitrogens with zero attached hydrogens (tertiary/aromatic N) is 1. The molecule has 4 N–H and O–H groups in total. The largest absolute Gasteiger partial charge is 0.507 e. The number of hydrogen-bond acceptors (Lipinski definition) is 4. The van der Waals surface area contributed by atoms with Gasteiger partial charge in [0.05, 0.1) is 5.70 Å². The molecule has 1 aliphatic rings. The molecule has 2 heterocycles. The monoisotopic (exact) mass is 327 g/mol.